The van der Waals surface area contributed by atoms with Crippen molar-refractivity contribution in [1.82, 2.24) is 5.43 Å². The van der Waals surface area contributed by atoms with Gasteiger partial charge in [-0.2, -0.15) is 5.10 Å². The summed E-state index contributed by atoms with van der Waals surface area (Å²) in [5, 5.41) is 4.57. The fourth-order valence-corrected chi connectivity index (χ4v) is 2.35. The van der Waals surface area contributed by atoms with Gasteiger partial charge in [0.2, 0.25) is 0 Å². The molecule has 6 nitrogen and oxygen atoms in total. The van der Waals surface area contributed by atoms with Gasteiger partial charge in [-0.3, -0.25) is 4.79 Å². The molecule has 0 aliphatic rings. The van der Waals surface area contributed by atoms with Crippen LogP contribution < -0.4 is 19.6 Å². The van der Waals surface area contributed by atoms with Gasteiger partial charge in [0.15, 0.2) is 11.5 Å². The molecule has 2 aromatic carbocycles. The molecule has 0 radical (unpaired) electrons. The van der Waals surface area contributed by atoms with Gasteiger partial charge in [-0.1, -0.05) is 11.6 Å². The highest BCUT2D eigenvalue weighted by molar-refractivity contribution is 6.31. The van der Waals surface area contributed by atoms with E-state index >= 15 is 0 Å². The first-order valence-corrected chi connectivity index (χ1v) is 7.78. The maximum Gasteiger partial charge on any atom is 0.275 e. The van der Waals surface area contributed by atoms with Crippen molar-refractivity contribution in [1.29, 1.82) is 0 Å². The van der Waals surface area contributed by atoms with Crippen LogP contribution in [0.4, 0.5) is 0 Å². The zero-order valence-corrected chi connectivity index (χ0v) is 15.2. The second-order valence-electron chi connectivity index (χ2n) is 5.05. The zero-order valence-electron chi connectivity index (χ0n) is 14.4. The predicted molar refractivity (Wildman–Crippen MR) is 97.2 cm³/mol. The summed E-state index contributed by atoms with van der Waals surface area (Å²) in [4.78, 5) is 12.3. The number of nitrogens with one attached hydrogen (secondary N) is 1. The van der Waals surface area contributed by atoms with Crippen molar-refractivity contribution in [3.05, 3.63) is 52.5 Å². The molecule has 0 spiro atoms. The number of benzene rings is 2. The van der Waals surface area contributed by atoms with E-state index in [9.17, 15) is 4.79 Å². The van der Waals surface area contributed by atoms with Crippen LogP contribution in [0.1, 0.15) is 22.8 Å². The molecule has 0 unspecified atom stereocenters. The highest BCUT2D eigenvalue weighted by Gasteiger charge is 2.13. The molecule has 2 aromatic rings. The molecule has 2 rings (SSSR count). The van der Waals surface area contributed by atoms with Gasteiger partial charge in [-0.15, -0.1) is 0 Å². The minimum Gasteiger partial charge on any atom is -0.496 e. The predicted octanol–water partition coefficient (Wildman–Crippen LogP) is 3.52. The number of halogens is 1. The fraction of sp³-hybridized carbons (Fsp3) is 0.222. The Morgan fingerprint density at radius 2 is 1.60 bits per heavy atom. The Morgan fingerprint density at radius 3 is 2.24 bits per heavy atom. The van der Waals surface area contributed by atoms with Crippen molar-refractivity contribution in [3.63, 3.8) is 0 Å². The molecule has 0 atom stereocenters. The maximum atomic E-state index is 12.3. The average molecular weight is 363 g/mol. The van der Waals surface area contributed by atoms with Crippen molar-refractivity contribution >= 4 is 23.2 Å². The lowest BCUT2D eigenvalue weighted by atomic mass is 10.1. The van der Waals surface area contributed by atoms with Crippen molar-refractivity contribution < 1.29 is 19.0 Å². The largest absolute Gasteiger partial charge is 0.496 e. The standard InChI is InChI=1S/C18H19ClN2O4/c1-11(12-5-7-16(24-3)17(9-12)25-4)20-21-18(22)14-10-13(19)6-8-15(14)23-2/h5-10H,1-4H3,(H,21,22)/b20-11+. The van der Waals surface area contributed by atoms with E-state index in [-0.39, 0.29) is 0 Å². The van der Waals surface area contributed by atoms with E-state index in [1.54, 1.807) is 45.4 Å². The van der Waals surface area contributed by atoms with Gasteiger partial charge in [0.05, 0.1) is 32.6 Å². The number of hydrogen-bond donors (Lipinski definition) is 1. The third-order valence-corrected chi connectivity index (χ3v) is 3.77. The van der Waals surface area contributed by atoms with E-state index in [1.165, 1.54) is 13.2 Å². The van der Waals surface area contributed by atoms with Crippen LogP contribution in [-0.4, -0.2) is 32.9 Å². The molecule has 0 aliphatic carbocycles. The number of hydrazone groups is 1. The van der Waals surface area contributed by atoms with Gasteiger partial charge < -0.3 is 14.2 Å². The van der Waals surface area contributed by atoms with Crippen molar-refractivity contribution in [2.24, 2.45) is 5.10 Å². The Hall–Kier alpha value is -2.73. The van der Waals surface area contributed by atoms with Gasteiger partial charge in [0, 0.05) is 10.6 Å². The molecule has 0 fully saturated rings. The zero-order chi connectivity index (χ0) is 18.4. The quantitative estimate of drug-likeness (QED) is 0.630. The first-order valence-electron chi connectivity index (χ1n) is 7.40. The number of rotatable bonds is 6. The molecule has 0 aliphatic heterocycles. The molecule has 1 amide bonds. The van der Waals surface area contributed by atoms with Crippen LogP contribution in [0.2, 0.25) is 5.02 Å². The SMILES string of the molecule is COc1ccc(/C(C)=N/NC(=O)c2cc(Cl)ccc2OC)cc1OC. The summed E-state index contributed by atoms with van der Waals surface area (Å²) in [6, 6.07) is 10.2. The number of ether oxygens (including phenoxy) is 3. The van der Waals surface area contributed by atoms with Crippen LogP contribution in [0.25, 0.3) is 0 Å². The topological polar surface area (TPSA) is 69.2 Å². The summed E-state index contributed by atoms with van der Waals surface area (Å²) in [5.74, 6) is 1.20. The lowest BCUT2D eigenvalue weighted by molar-refractivity contribution is 0.0952. The molecule has 0 saturated carbocycles. The number of carbonyl (C=O) groups excluding carboxylic acids is 1. The minimum absolute atomic E-state index is 0.305. The number of carbonyl (C=O) groups is 1. The molecule has 7 heteroatoms. The Morgan fingerprint density at radius 1 is 0.960 bits per heavy atom. The van der Waals surface area contributed by atoms with E-state index in [1.807, 2.05) is 6.07 Å². The van der Waals surface area contributed by atoms with Gasteiger partial charge in [0.25, 0.3) is 5.91 Å². The second kappa shape index (κ2) is 8.39. The second-order valence-corrected chi connectivity index (χ2v) is 5.49. The van der Waals surface area contributed by atoms with Gasteiger partial charge >= 0.3 is 0 Å². The van der Waals surface area contributed by atoms with Crippen LogP contribution in [0.15, 0.2) is 41.5 Å². The summed E-state index contributed by atoms with van der Waals surface area (Å²) < 4.78 is 15.6. The molecule has 1 N–H and O–H groups in total. The monoisotopic (exact) mass is 362 g/mol. The Bertz CT molecular complexity index is 806. The Labute approximate surface area is 151 Å². The van der Waals surface area contributed by atoms with Crippen LogP contribution in [0.5, 0.6) is 17.2 Å². The molecule has 0 saturated heterocycles. The van der Waals surface area contributed by atoms with Gasteiger partial charge in [-0.05, 0) is 43.3 Å². The number of hydrogen-bond acceptors (Lipinski definition) is 5. The average Bonchev–Trinajstić information content (AvgIpc) is 2.65. The summed E-state index contributed by atoms with van der Waals surface area (Å²) in [6.07, 6.45) is 0. The van der Waals surface area contributed by atoms with E-state index in [0.717, 1.165) is 5.56 Å². The number of amides is 1. The van der Waals surface area contributed by atoms with E-state index in [4.69, 9.17) is 25.8 Å². The lowest BCUT2D eigenvalue weighted by Gasteiger charge is -2.10. The van der Waals surface area contributed by atoms with E-state index in [2.05, 4.69) is 10.5 Å². The summed E-state index contributed by atoms with van der Waals surface area (Å²) >= 11 is 5.94. The summed E-state index contributed by atoms with van der Waals surface area (Å²) in [5.41, 5.74) is 4.20. The van der Waals surface area contributed by atoms with Crippen LogP contribution >= 0.6 is 11.6 Å². The van der Waals surface area contributed by atoms with Crippen LogP contribution in [-0.2, 0) is 0 Å². The molecule has 0 heterocycles. The van der Waals surface area contributed by atoms with Gasteiger partial charge in [0.1, 0.15) is 5.75 Å². The van der Waals surface area contributed by atoms with Crippen LogP contribution in [0.3, 0.4) is 0 Å². The smallest absolute Gasteiger partial charge is 0.275 e. The Balaban J connectivity index is 2.21. The maximum absolute atomic E-state index is 12.3. The highest BCUT2D eigenvalue weighted by Crippen LogP contribution is 2.27. The van der Waals surface area contributed by atoms with Crippen LogP contribution in [0, 0.1) is 0 Å². The number of methoxy groups -OCH3 is 3. The van der Waals surface area contributed by atoms with Crippen molar-refractivity contribution in [2.45, 2.75) is 6.92 Å². The fourth-order valence-electron chi connectivity index (χ4n) is 2.18. The first kappa shape index (κ1) is 18.6. The van der Waals surface area contributed by atoms with Crippen molar-refractivity contribution in [2.75, 3.05) is 21.3 Å². The molecule has 132 valence electrons. The van der Waals surface area contributed by atoms with E-state index in [0.29, 0.717) is 33.5 Å². The van der Waals surface area contributed by atoms with Crippen molar-refractivity contribution in [3.8, 4) is 17.2 Å². The molecule has 25 heavy (non-hydrogen) atoms. The normalized spacial score (nSPS) is 11.0. The third-order valence-electron chi connectivity index (χ3n) is 3.53. The Kier molecular flexibility index (Phi) is 6.25. The minimum atomic E-state index is -0.417. The first-order chi connectivity index (χ1) is 12.0. The highest BCUT2D eigenvalue weighted by atomic mass is 35.5. The summed E-state index contributed by atoms with van der Waals surface area (Å²) in [7, 11) is 4.61. The molecule has 0 bridgehead atoms. The molecular formula is C18H19ClN2O4. The van der Waals surface area contributed by atoms with Gasteiger partial charge in [-0.25, -0.2) is 5.43 Å². The lowest BCUT2D eigenvalue weighted by Crippen LogP contribution is -2.20. The van der Waals surface area contributed by atoms with E-state index < -0.39 is 5.91 Å². The summed E-state index contributed by atoms with van der Waals surface area (Å²) in [6.45, 7) is 1.77. The molecule has 0 aromatic heterocycles. The molecular weight excluding hydrogens is 344 g/mol. The third kappa shape index (κ3) is 4.42. The number of nitrogens with zero attached hydrogens (tertiary/aromatic N) is 1.